The van der Waals surface area contributed by atoms with E-state index in [0.717, 1.165) is 24.8 Å². The van der Waals surface area contributed by atoms with Gasteiger partial charge in [0.25, 0.3) is 5.91 Å². The van der Waals surface area contributed by atoms with Crippen molar-refractivity contribution >= 4 is 21.6 Å². The molecule has 0 spiro atoms. The van der Waals surface area contributed by atoms with Crippen LogP contribution >= 0.6 is 0 Å². The van der Waals surface area contributed by atoms with Gasteiger partial charge in [0.2, 0.25) is 10.0 Å². The molecule has 0 saturated heterocycles. The van der Waals surface area contributed by atoms with E-state index in [-0.39, 0.29) is 24.2 Å². The van der Waals surface area contributed by atoms with Gasteiger partial charge in [0.15, 0.2) is 6.10 Å². The van der Waals surface area contributed by atoms with Gasteiger partial charge in [0.05, 0.1) is 24.0 Å². The Morgan fingerprint density at radius 3 is 2.61 bits per heavy atom. The number of anilines is 1. The summed E-state index contributed by atoms with van der Waals surface area (Å²) in [5.41, 5.74) is 4.35. The summed E-state index contributed by atoms with van der Waals surface area (Å²) in [6.07, 6.45) is 4.48. The lowest BCUT2D eigenvalue weighted by Crippen LogP contribution is -2.51. The normalized spacial score (nSPS) is 19.0. The molecule has 1 amide bonds. The van der Waals surface area contributed by atoms with Crippen LogP contribution in [0, 0.1) is 0 Å². The predicted octanol–water partition coefficient (Wildman–Crippen LogP) is 3.75. The lowest BCUT2D eigenvalue weighted by atomic mass is 9.88. The summed E-state index contributed by atoms with van der Waals surface area (Å²) in [7, 11) is -3.52. The third-order valence-electron chi connectivity index (χ3n) is 6.23. The van der Waals surface area contributed by atoms with E-state index < -0.39 is 16.1 Å². The van der Waals surface area contributed by atoms with E-state index in [9.17, 15) is 13.2 Å². The third kappa shape index (κ3) is 4.42. The number of hydrogen-bond donors (Lipinski definition) is 1. The fourth-order valence-corrected chi connectivity index (χ4v) is 5.54. The Hall–Kier alpha value is -2.54. The van der Waals surface area contributed by atoms with E-state index in [1.165, 1.54) is 28.3 Å². The van der Waals surface area contributed by atoms with E-state index in [4.69, 9.17) is 4.74 Å². The van der Waals surface area contributed by atoms with Crippen LogP contribution in [0.4, 0.5) is 5.69 Å². The number of carbonyl (C=O) groups excluding carboxylic acids is 1. The second-order valence-corrected chi connectivity index (χ2v) is 10.4. The Bertz CT molecular complexity index is 1070. The van der Waals surface area contributed by atoms with E-state index in [1.54, 1.807) is 31.2 Å². The number of para-hydroxylation sites is 2. The van der Waals surface area contributed by atoms with E-state index >= 15 is 0 Å². The molecule has 2 aromatic carbocycles. The molecule has 166 valence electrons. The molecule has 31 heavy (non-hydrogen) atoms. The first-order valence-corrected chi connectivity index (χ1v) is 12.7. The zero-order chi connectivity index (χ0) is 22.0. The molecular formula is C24H30N2O4S. The van der Waals surface area contributed by atoms with Crippen LogP contribution in [0.5, 0.6) is 5.75 Å². The van der Waals surface area contributed by atoms with Crippen LogP contribution < -0.4 is 14.4 Å². The van der Waals surface area contributed by atoms with E-state index in [2.05, 4.69) is 23.5 Å². The van der Waals surface area contributed by atoms with E-state index in [1.807, 2.05) is 6.92 Å². The minimum absolute atomic E-state index is 0.0281. The number of aryl methyl sites for hydroxylation is 2. The van der Waals surface area contributed by atoms with Gasteiger partial charge in [0.1, 0.15) is 5.75 Å². The molecule has 4 rings (SSSR count). The molecule has 1 heterocycles. The molecule has 2 atom stereocenters. The lowest BCUT2D eigenvalue weighted by Gasteiger charge is -2.35. The van der Waals surface area contributed by atoms with Gasteiger partial charge in [-0.2, -0.15) is 0 Å². The van der Waals surface area contributed by atoms with Gasteiger partial charge in [0, 0.05) is 0 Å². The highest BCUT2D eigenvalue weighted by Crippen LogP contribution is 2.35. The molecule has 1 aliphatic heterocycles. The fraction of sp³-hybridized carbons (Fsp3) is 0.458. The molecule has 2 aliphatic rings. The quantitative estimate of drug-likeness (QED) is 0.739. The number of benzene rings is 2. The van der Waals surface area contributed by atoms with Crippen LogP contribution in [0.15, 0.2) is 42.5 Å². The van der Waals surface area contributed by atoms with Crippen LogP contribution in [0.2, 0.25) is 0 Å². The average molecular weight is 443 g/mol. The highest BCUT2D eigenvalue weighted by molar-refractivity contribution is 7.92. The molecule has 0 fully saturated rings. The molecule has 1 N–H and O–H groups in total. The van der Waals surface area contributed by atoms with Crippen molar-refractivity contribution in [1.29, 1.82) is 0 Å². The Morgan fingerprint density at radius 2 is 1.87 bits per heavy atom. The largest absolute Gasteiger partial charge is 0.476 e. The summed E-state index contributed by atoms with van der Waals surface area (Å²) in [5.74, 6) is 0.0747. The number of rotatable bonds is 6. The maximum Gasteiger partial charge on any atom is 0.263 e. The maximum absolute atomic E-state index is 13.1. The molecule has 0 unspecified atom stereocenters. The van der Waals surface area contributed by atoms with Gasteiger partial charge in [-0.1, -0.05) is 37.3 Å². The number of sulfonamides is 1. The first-order valence-electron chi connectivity index (χ1n) is 11.1. The molecule has 0 aromatic heterocycles. The van der Waals surface area contributed by atoms with Crippen molar-refractivity contribution in [3.05, 3.63) is 59.2 Å². The number of nitrogens with one attached hydrogen (secondary N) is 1. The first-order chi connectivity index (χ1) is 14.9. The summed E-state index contributed by atoms with van der Waals surface area (Å²) in [4.78, 5) is 13.1. The van der Waals surface area contributed by atoms with Crippen LogP contribution in [0.3, 0.4) is 0 Å². The minimum atomic E-state index is -3.52. The molecule has 7 heteroatoms. The van der Waals surface area contributed by atoms with Crippen molar-refractivity contribution in [3.8, 4) is 5.75 Å². The van der Waals surface area contributed by atoms with Crippen molar-refractivity contribution in [2.45, 2.75) is 58.1 Å². The topological polar surface area (TPSA) is 75.7 Å². The first kappa shape index (κ1) is 21.7. The van der Waals surface area contributed by atoms with Crippen molar-refractivity contribution in [2.75, 3.05) is 16.6 Å². The molecule has 0 saturated carbocycles. The number of nitrogens with zero attached hydrogens (tertiary/aromatic N) is 1. The highest BCUT2D eigenvalue weighted by atomic mass is 32.2. The van der Waals surface area contributed by atoms with Gasteiger partial charge in [-0.3, -0.25) is 9.10 Å². The molecular weight excluding hydrogens is 412 g/mol. The third-order valence-corrected chi connectivity index (χ3v) is 7.97. The lowest BCUT2D eigenvalue weighted by molar-refractivity contribution is -0.128. The monoisotopic (exact) mass is 442 g/mol. The van der Waals surface area contributed by atoms with Crippen LogP contribution in [-0.2, 0) is 27.7 Å². The molecule has 0 radical (unpaired) electrons. The molecule has 6 nitrogen and oxygen atoms in total. The van der Waals surface area contributed by atoms with Crippen molar-refractivity contribution in [1.82, 2.24) is 5.32 Å². The maximum atomic E-state index is 13.1. The van der Waals surface area contributed by atoms with Gasteiger partial charge in [-0.25, -0.2) is 8.42 Å². The fourth-order valence-electron chi connectivity index (χ4n) is 4.41. The predicted molar refractivity (Wildman–Crippen MR) is 122 cm³/mol. The summed E-state index contributed by atoms with van der Waals surface area (Å²) in [5, 5.41) is 3.09. The SMILES string of the molecule is CC[C@@H](NC(=O)[C@H]1CN(S(=O)(=O)CC)c2ccccc2O1)c1ccc2c(c1)CCCC2. The standard InChI is InChI=1S/C24H30N2O4S/c1-3-20(19-14-13-17-9-5-6-10-18(17)15-19)25-24(27)23-16-26(31(28,29)4-2)21-11-7-8-12-22(21)30-23/h7-8,11-15,20,23H,3-6,9-10,16H2,1-2H3,(H,25,27)/t20-,23-/m1/s1. The van der Waals surface area contributed by atoms with Gasteiger partial charge in [-0.05, 0) is 67.9 Å². The van der Waals surface area contributed by atoms with Crippen molar-refractivity contribution < 1.29 is 17.9 Å². The summed E-state index contributed by atoms with van der Waals surface area (Å²) >= 11 is 0. The van der Waals surface area contributed by atoms with Crippen LogP contribution in [0.1, 0.15) is 55.8 Å². The number of fused-ring (bicyclic) bond motifs is 2. The summed E-state index contributed by atoms with van der Waals surface area (Å²) in [6.45, 7) is 3.61. The van der Waals surface area contributed by atoms with Crippen LogP contribution in [-0.4, -0.2) is 32.7 Å². The van der Waals surface area contributed by atoms with Gasteiger partial charge < -0.3 is 10.1 Å². The Kier molecular flexibility index (Phi) is 6.23. The second-order valence-electron chi connectivity index (χ2n) is 8.21. The van der Waals surface area contributed by atoms with Crippen molar-refractivity contribution in [3.63, 3.8) is 0 Å². The Labute approximate surface area is 184 Å². The van der Waals surface area contributed by atoms with Gasteiger partial charge >= 0.3 is 0 Å². The Balaban J connectivity index is 1.55. The number of hydrogen-bond acceptors (Lipinski definition) is 4. The minimum Gasteiger partial charge on any atom is -0.476 e. The van der Waals surface area contributed by atoms with E-state index in [0.29, 0.717) is 11.4 Å². The zero-order valence-electron chi connectivity index (χ0n) is 18.1. The van der Waals surface area contributed by atoms with Gasteiger partial charge in [-0.15, -0.1) is 0 Å². The summed E-state index contributed by atoms with van der Waals surface area (Å²) in [6, 6.07) is 13.3. The Morgan fingerprint density at radius 1 is 1.13 bits per heavy atom. The van der Waals surface area contributed by atoms with Crippen molar-refractivity contribution in [2.24, 2.45) is 0 Å². The molecule has 2 aromatic rings. The second kappa shape index (κ2) is 8.91. The number of amides is 1. The average Bonchev–Trinajstić information content (AvgIpc) is 2.81. The van der Waals surface area contributed by atoms with Crippen LogP contribution in [0.25, 0.3) is 0 Å². The molecule has 0 bridgehead atoms. The summed E-state index contributed by atoms with van der Waals surface area (Å²) < 4.78 is 32.5. The number of carbonyl (C=O) groups is 1. The highest BCUT2D eigenvalue weighted by Gasteiger charge is 2.36. The molecule has 1 aliphatic carbocycles. The smallest absolute Gasteiger partial charge is 0.263 e. The number of ether oxygens (including phenoxy) is 1. The zero-order valence-corrected chi connectivity index (χ0v) is 19.0.